The molecule has 0 N–H and O–H groups in total. The van der Waals surface area contributed by atoms with E-state index in [2.05, 4.69) is 4.98 Å². The van der Waals surface area contributed by atoms with Crippen LogP contribution in [0.25, 0.3) is 10.6 Å². The molecule has 1 aliphatic carbocycles. The third kappa shape index (κ3) is 4.61. The van der Waals surface area contributed by atoms with E-state index >= 15 is 0 Å². The van der Waals surface area contributed by atoms with Gasteiger partial charge in [0.05, 0.1) is 18.7 Å². The summed E-state index contributed by atoms with van der Waals surface area (Å²) in [5.41, 5.74) is 1.83. The van der Waals surface area contributed by atoms with Crippen LogP contribution in [0.4, 0.5) is 0 Å². The minimum atomic E-state index is 0.0873. The van der Waals surface area contributed by atoms with E-state index < -0.39 is 0 Å². The lowest BCUT2D eigenvalue weighted by atomic mass is 9.84. The van der Waals surface area contributed by atoms with Crippen molar-refractivity contribution in [3.8, 4) is 16.3 Å². The first-order valence-corrected chi connectivity index (χ1v) is 11.3. The van der Waals surface area contributed by atoms with Gasteiger partial charge in [-0.25, -0.2) is 4.98 Å². The average molecular weight is 414 g/mol. The molecule has 2 aromatic rings. The third-order valence-corrected chi connectivity index (χ3v) is 6.63. The predicted molar refractivity (Wildman–Crippen MR) is 113 cm³/mol. The van der Waals surface area contributed by atoms with Gasteiger partial charge >= 0.3 is 0 Å². The van der Waals surface area contributed by atoms with Crippen molar-refractivity contribution >= 4 is 23.2 Å². The van der Waals surface area contributed by atoms with E-state index in [9.17, 15) is 9.59 Å². The first-order valence-electron chi connectivity index (χ1n) is 10.4. The monoisotopic (exact) mass is 413 g/mol. The van der Waals surface area contributed by atoms with Gasteiger partial charge in [-0.05, 0) is 44.0 Å². The zero-order valence-corrected chi connectivity index (χ0v) is 17.6. The first kappa shape index (κ1) is 19.9. The maximum atomic E-state index is 12.7. The highest BCUT2D eigenvalue weighted by Gasteiger charge is 2.32. The van der Waals surface area contributed by atoms with Crippen molar-refractivity contribution in [1.82, 2.24) is 14.8 Å². The Morgan fingerprint density at radius 3 is 2.41 bits per heavy atom. The zero-order chi connectivity index (χ0) is 20.2. The van der Waals surface area contributed by atoms with Crippen LogP contribution in [-0.2, 0) is 16.0 Å². The second-order valence-electron chi connectivity index (χ2n) is 7.61. The Hall–Kier alpha value is -2.41. The lowest BCUT2D eigenvalue weighted by Gasteiger charge is -2.38. The lowest BCUT2D eigenvalue weighted by molar-refractivity contribution is -0.143. The molecule has 0 spiro atoms. The molecule has 29 heavy (non-hydrogen) atoms. The van der Waals surface area contributed by atoms with Gasteiger partial charge in [0.2, 0.25) is 11.8 Å². The van der Waals surface area contributed by atoms with E-state index in [1.807, 2.05) is 46.4 Å². The van der Waals surface area contributed by atoms with Crippen LogP contribution in [0.3, 0.4) is 0 Å². The van der Waals surface area contributed by atoms with Gasteiger partial charge in [-0.1, -0.05) is 6.42 Å². The molecule has 1 aromatic heterocycles. The van der Waals surface area contributed by atoms with Gasteiger partial charge in [0.15, 0.2) is 0 Å². The van der Waals surface area contributed by atoms with Gasteiger partial charge in [-0.3, -0.25) is 9.59 Å². The van der Waals surface area contributed by atoms with Crippen LogP contribution < -0.4 is 4.74 Å². The predicted octanol–water partition coefficient (Wildman–Crippen LogP) is 3.22. The fourth-order valence-corrected chi connectivity index (χ4v) is 4.56. The smallest absolute Gasteiger partial charge is 0.228 e. The highest BCUT2D eigenvalue weighted by molar-refractivity contribution is 7.13. The summed E-state index contributed by atoms with van der Waals surface area (Å²) in [4.78, 5) is 33.5. The summed E-state index contributed by atoms with van der Waals surface area (Å²) in [6, 6.07) is 7.87. The second kappa shape index (κ2) is 8.95. The molecule has 2 aliphatic rings. The summed E-state index contributed by atoms with van der Waals surface area (Å²) in [6.07, 6.45) is 3.53. The SMILES string of the molecule is CCOc1ccc(-c2nc(CC(=O)N3CCN(C(=O)C4CCC4)CC3)cs2)cc1. The maximum absolute atomic E-state index is 12.7. The maximum Gasteiger partial charge on any atom is 0.228 e. The summed E-state index contributed by atoms with van der Waals surface area (Å²) in [5.74, 6) is 1.44. The Morgan fingerprint density at radius 1 is 1.10 bits per heavy atom. The second-order valence-corrected chi connectivity index (χ2v) is 8.47. The van der Waals surface area contributed by atoms with Crippen LogP contribution in [0.2, 0.25) is 0 Å². The molecule has 154 valence electrons. The Morgan fingerprint density at radius 2 is 1.79 bits per heavy atom. The normalized spacial score (nSPS) is 17.1. The molecule has 2 amide bonds. The van der Waals surface area contributed by atoms with Gasteiger partial charge in [-0.15, -0.1) is 11.3 Å². The van der Waals surface area contributed by atoms with Crippen molar-refractivity contribution in [3.05, 3.63) is 35.3 Å². The largest absolute Gasteiger partial charge is 0.494 e. The molecule has 2 fully saturated rings. The Balaban J connectivity index is 1.29. The highest BCUT2D eigenvalue weighted by Crippen LogP contribution is 2.29. The molecule has 1 aliphatic heterocycles. The number of piperazine rings is 1. The standard InChI is InChI=1S/C22H27N3O3S/c1-2-28-19-8-6-16(7-9-19)21-23-18(15-29-21)14-20(26)24-10-12-25(13-11-24)22(27)17-4-3-5-17/h6-9,15,17H,2-5,10-14H2,1H3. The van der Waals surface area contributed by atoms with Gasteiger partial charge in [-0.2, -0.15) is 0 Å². The van der Waals surface area contributed by atoms with E-state index in [1.54, 1.807) is 11.3 Å². The molecular formula is C22H27N3O3S. The fourth-order valence-electron chi connectivity index (χ4n) is 3.74. The zero-order valence-electron chi connectivity index (χ0n) is 16.8. The van der Waals surface area contributed by atoms with E-state index in [1.165, 1.54) is 6.42 Å². The van der Waals surface area contributed by atoms with Gasteiger partial charge in [0.25, 0.3) is 0 Å². The van der Waals surface area contributed by atoms with Crippen molar-refractivity contribution in [2.24, 2.45) is 5.92 Å². The average Bonchev–Trinajstić information content (AvgIpc) is 3.16. The Labute approximate surface area is 175 Å². The lowest BCUT2D eigenvalue weighted by Crippen LogP contribution is -2.52. The number of aromatic nitrogens is 1. The van der Waals surface area contributed by atoms with E-state index in [-0.39, 0.29) is 17.7 Å². The van der Waals surface area contributed by atoms with E-state index in [4.69, 9.17) is 4.74 Å². The van der Waals surface area contributed by atoms with Crippen LogP contribution in [-0.4, -0.2) is 59.4 Å². The van der Waals surface area contributed by atoms with E-state index in [0.29, 0.717) is 39.2 Å². The van der Waals surface area contributed by atoms with Crippen molar-refractivity contribution in [1.29, 1.82) is 0 Å². The van der Waals surface area contributed by atoms with Crippen molar-refractivity contribution < 1.29 is 14.3 Å². The minimum Gasteiger partial charge on any atom is -0.494 e. The number of nitrogens with zero attached hydrogens (tertiary/aromatic N) is 3. The molecule has 1 saturated heterocycles. The van der Waals surface area contributed by atoms with Gasteiger partial charge < -0.3 is 14.5 Å². The quantitative estimate of drug-likeness (QED) is 0.730. The number of hydrogen-bond donors (Lipinski definition) is 0. The highest BCUT2D eigenvalue weighted by atomic mass is 32.1. The van der Waals surface area contributed by atoms with Crippen molar-refractivity contribution in [3.63, 3.8) is 0 Å². The molecule has 0 bridgehead atoms. The summed E-state index contributed by atoms with van der Waals surface area (Å²) < 4.78 is 5.47. The van der Waals surface area contributed by atoms with Crippen LogP contribution in [0, 0.1) is 5.92 Å². The topological polar surface area (TPSA) is 62.7 Å². The molecular weight excluding hydrogens is 386 g/mol. The number of ether oxygens (including phenoxy) is 1. The molecule has 1 aromatic carbocycles. The summed E-state index contributed by atoms with van der Waals surface area (Å²) in [6.45, 7) is 5.14. The third-order valence-electron chi connectivity index (χ3n) is 5.69. The number of carbonyl (C=O) groups excluding carboxylic acids is 2. The minimum absolute atomic E-state index is 0.0873. The molecule has 2 heterocycles. The van der Waals surface area contributed by atoms with Crippen LogP contribution in [0.15, 0.2) is 29.6 Å². The number of hydrogen-bond acceptors (Lipinski definition) is 5. The summed E-state index contributed by atoms with van der Waals surface area (Å²) >= 11 is 1.55. The molecule has 1 saturated carbocycles. The van der Waals surface area contributed by atoms with E-state index in [0.717, 1.165) is 34.9 Å². The van der Waals surface area contributed by atoms with Crippen molar-refractivity contribution in [2.75, 3.05) is 32.8 Å². The molecule has 0 radical (unpaired) electrons. The Kier molecular flexibility index (Phi) is 6.13. The molecule has 7 heteroatoms. The molecule has 0 unspecified atom stereocenters. The number of carbonyl (C=O) groups is 2. The number of benzene rings is 1. The number of amides is 2. The number of thiazole rings is 1. The van der Waals surface area contributed by atoms with Crippen LogP contribution in [0.5, 0.6) is 5.75 Å². The molecule has 4 rings (SSSR count). The van der Waals surface area contributed by atoms with Gasteiger partial charge in [0.1, 0.15) is 10.8 Å². The first-order chi connectivity index (χ1) is 14.1. The molecule has 0 atom stereocenters. The summed E-state index contributed by atoms with van der Waals surface area (Å²) in [5, 5.41) is 2.87. The number of rotatable bonds is 6. The summed E-state index contributed by atoms with van der Waals surface area (Å²) in [7, 11) is 0. The molecule has 6 nitrogen and oxygen atoms in total. The Bertz CT molecular complexity index is 852. The van der Waals surface area contributed by atoms with Crippen molar-refractivity contribution in [2.45, 2.75) is 32.6 Å². The van der Waals surface area contributed by atoms with Crippen LogP contribution >= 0.6 is 11.3 Å². The van der Waals surface area contributed by atoms with Gasteiger partial charge in [0, 0.05) is 43.0 Å². The fraction of sp³-hybridized carbons (Fsp3) is 0.500. The van der Waals surface area contributed by atoms with Crippen LogP contribution in [0.1, 0.15) is 31.9 Å².